The van der Waals surface area contributed by atoms with Crippen molar-refractivity contribution in [3.8, 4) is 0 Å². The number of thiophene rings is 1. The highest BCUT2D eigenvalue weighted by molar-refractivity contribution is 7.10. The highest BCUT2D eigenvalue weighted by Gasteiger charge is 2.36. The molecule has 0 bridgehead atoms. The average Bonchev–Trinajstić information content (AvgIpc) is 2.97. The molecule has 3 nitrogen and oxygen atoms in total. The summed E-state index contributed by atoms with van der Waals surface area (Å²) < 4.78 is 40.4. The zero-order chi connectivity index (χ0) is 14.1. The summed E-state index contributed by atoms with van der Waals surface area (Å²) in [5, 5.41) is 5.08. The molecule has 8 heteroatoms. The van der Waals surface area contributed by atoms with E-state index in [2.05, 4.69) is 14.7 Å². The molecule has 104 valence electrons. The molecule has 0 saturated heterocycles. The molecule has 2 rings (SSSR count). The van der Waals surface area contributed by atoms with Crippen molar-refractivity contribution in [2.24, 2.45) is 0 Å². The Kier molecular flexibility index (Phi) is 3.82. The summed E-state index contributed by atoms with van der Waals surface area (Å²) in [5.41, 5.74) is -0.168. The van der Waals surface area contributed by atoms with Crippen LogP contribution in [0.1, 0.15) is 24.5 Å². The van der Waals surface area contributed by atoms with Gasteiger partial charge in [0.25, 0.3) is 0 Å². The minimum Gasteiger partial charge on any atom is -0.359 e. The standard InChI is InChI=1S/C11H12F3N3S2/c1-10(2,7-4-3-5-18-7)6-15-9-16-8(17-19-9)11(12,13)14/h3-5H,6H2,1-2H3,(H,15,16,17). The molecule has 2 aromatic heterocycles. The maximum atomic E-state index is 12.4. The molecular formula is C11H12F3N3S2. The van der Waals surface area contributed by atoms with Crippen molar-refractivity contribution in [3.05, 3.63) is 28.2 Å². The van der Waals surface area contributed by atoms with Crippen LogP contribution in [0.2, 0.25) is 0 Å². The van der Waals surface area contributed by atoms with E-state index in [-0.39, 0.29) is 10.5 Å². The normalized spacial score (nSPS) is 12.7. The number of rotatable bonds is 4. The van der Waals surface area contributed by atoms with Crippen molar-refractivity contribution < 1.29 is 13.2 Å². The van der Waals surface area contributed by atoms with E-state index in [9.17, 15) is 13.2 Å². The Bertz CT molecular complexity index is 532. The number of alkyl halides is 3. The molecule has 0 saturated carbocycles. The SMILES string of the molecule is CC(C)(CNc1nc(C(F)(F)F)ns1)c1cccs1. The van der Waals surface area contributed by atoms with Crippen LogP contribution in [0.15, 0.2) is 17.5 Å². The molecule has 2 heterocycles. The fourth-order valence-electron chi connectivity index (χ4n) is 1.46. The van der Waals surface area contributed by atoms with Gasteiger partial charge in [0.1, 0.15) is 0 Å². The van der Waals surface area contributed by atoms with Crippen LogP contribution in [0.25, 0.3) is 0 Å². The van der Waals surface area contributed by atoms with E-state index >= 15 is 0 Å². The maximum Gasteiger partial charge on any atom is 0.452 e. The zero-order valence-corrected chi connectivity index (χ0v) is 11.9. The molecule has 0 fully saturated rings. The molecular weight excluding hydrogens is 295 g/mol. The van der Waals surface area contributed by atoms with Crippen molar-refractivity contribution in [1.29, 1.82) is 0 Å². The van der Waals surface area contributed by atoms with Gasteiger partial charge in [0.05, 0.1) is 0 Å². The average molecular weight is 307 g/mol. The number of halogens is 3. The molecule has 0 aliphatic carbocycles. The number of hydrogen-bond donors (Lipinski definition) is 1. The lowest BCUT2D eigenvalue weighted by Gasteiger charge is -2.23. The van der Waals surface area contributed by atoms with Crippen molar-refractivity contribution in [2.75, 3.05) is 11.9 Å². The van der Waals surface area contributed by atoms with Gasteiger partial charge in [-0.2, -0.15) is 22.5 Å². The van der Waals surface area contributed by atoms with Crippen LogP contribution in [-0.2, 0) is 11.6 Å². The predicted octanol–water partition coefficient (Wildman–Crippen LogP) is 4.01. The Morgan fingerprint density at radius 2 is 2.05 bits per heavy atom. The van der Waals surface area contributed by atoms with E-state index in [0.29, 0.717) is 6.54 Å². The topological polar surface area (TPSA) is 37.8 Å². The van der Waals surface area contributed by atoms with E-state index in [1.54, 1.807) is 11.3 Å². The Morgan fingerprint density at radius 3 is 2.58 bits per heavy atom. The smallest absolute Gasteiger partial charge is 0.359 e. The summed E-state index contributed by atoms with van der Waals surface area (Å²) in [5.74, 6) is -1.09. The second-order valence-electron chi connectivity index (χ2n) is 4.64. The minimum atomic E-state index is -4.49. The van der Waals surface area contributed by atoms with Crippen molar-refractivity contribution in [1.82, 2.24) is 9.36 Å². The number of anilines is 1. The molecule has 0 aromatic carbocycles. The zero-order valence-electron chi connectivity index (χ0n) is 10.3. The van der Waals surface area contributed by atoms with Crippen LogP contribution in [0.5, 0.6) is 0 Å². The van der Waals surface area contributed by atoms with Crippen LogP contribution in [0, 0.1) is 0 Å². The Morgan fingerprint density at radius 1 is 1.32 bits per heavy atom. The van der Waals surface area contributed by atoms with Crippen molar-refractivity contribution >= 4 is 28.0 Å². The molecule has 0 aliphatic rings. The molecule has 2 aromatic rings. The van der Waals surface area contributed by atoms with Gasteiger partial charge in [-0.25, -0.2) is 0 Å². The summed E-state index contributed by atoms with van der Waals surface area (Å²) in [6, 6.07) is 3.96. The van der Waals surface area contributed by atoms with Crippen LogP contribution in [-0.4, -0.2) is 15.9 Å². The summed E-state index contributed by atoms with van der Waals surface area (Å²) in [6.45, 7) is 4.55. The van der Waals surface area contributed by atoms with Gasteiger partial charge in [-0.15, -0.1) is 11.3 Å². The van der Waals surface area contributed by atoms with E-state index < -0.39 is 12.0 Å². The first-order chi connectivity index (χ1) is 8.79. The first-order valence-corrected chi connectivity index (χ1v) is 7.13. The summed E-state index contributed by atoms with van der Waals surface area (Å²) in [4.78, 5) is 4.61. The largest absolute Gasteiger partial charge is 0.452 e. The highest BCUT2D eigenvalue weighted by Crippen LogP contribution is 2.31. The Labute approximate surface area is 116 Å². The van der Waals surface area contributed by atoms with Gasteiger partial charge < -0.3 is 5.32 Å². The summed E-state index contributed by atoms with van der Waals surface area (Å²) in [7, 11) is 0. The summed E-state index contributed by atoms with van der Waals surface area (Å²) >= 11 is 2.35. The van der Waals surface area contributed by atoms with Gasteiger partial charge in [0.15, 0.2) is 0 Å². The quantitative estimate of drug-likeness (QED) is 0.927. The van der Waals surface area contributed by atoms with E-state index in [4.69, 9.17) is 0 Å². The molecule has 0 aliphatic heterocycles. The predicted molar refractivity (Wildman–Crippen MR) is 70.7 cm³/mol. The number of hydrogen-bond acceptors (Lipinski definition) is 5. The van der Waals surface area contributed by atoms with Gasteiger partial charge in [-0.3, -0.25) is 0 Å². The van der Waals surface area contributed by atoms with Gasteiger partial charge in [0, 0.05) is 28.4 Å². The van der Waals surface area contributed by atoms with E-state index in [0.717, 1.165) is 11.5 Å². The summed E-state index contributed by atoms with van der Waals surface area (Å²) in [6.07, 6.45) is -4.49. The van der Waals surface area contributed by atoms with Gasteiger partial charge in [-0.05, 0) is 11.4 Å². The lowest BCUT2D eigenvalue weighted by atomic mass is 9.91. The van der Waals surface area contributed by atoms with E-state index in [1.807, 2.05) is 31.4 Å². The van der Waals surface area contributed by atoms with Crippen molar-refractivity contribution in [2.45, 2.75) is 25.4 Å². The maximum absolute atomic E-state index is 12.4. The molecule has 0 unspecified atom stereocenters. The molecule has 19 heavy (non-hydrogen) atoms. The Balaban J connectivity index is 2.01. The molecule has 0 amide bonds. The highest BCUT2D eigenvalue weighted by atomic mass is 32.1. The second kappa shape index (κ2) is 5.09. The first-order valence-electron chi connectivity index (χ1n) is 5.48. The monoisotopic (exact) mass is 307 g/mol. The lowest BCUT2D eigenvalue weighted by Crippen LogP contribution is -2.26. The van der Waals surface area contributed by atoms with Gasteiger partial charge >= 0.3 is 6.18 Å². The van der Waals surface area contributed by atoms with Crippen molar-refractivity contribution in [3.63, 3.8) is 0 Å². The third kappa shape index (κ3) is 3.44. The molecule has 0 radical (unpaired) electrons. The van der Waals surface area contributed by atoms with Crippen LogP contribution in [0.3, 0.4) is 0 Å². The van der Waals surface area contributed by atoms with Gasteiger partial charge in [-0.1, -0.05) is 19.9 Å². The van der Waals surface area contributed by atoms with Crippen LogP contribution < -0.4 is 5.32 Å². The minimum absolute atomic E-state index is 0.168. The number of aromatic nitrogens is 2. The van der Waals surface area contributed by atoms with Crippen LogP contribution in [0.4, 0.5) is 18.3 Å². The Hall–Kier alpha value is -1.15. The molecule has 1 N–H and O–H groups in total. The van der Waals surface area contributed by atoms with E-state index in [1.165, 1.54) is 4.88 Å². The second-order valence-corrected chi connectivity index (χ2v) is 6.34. The number of nitrogens with one attached hydrogen (secondary N) is 1. The fourth-order valence-corrected chi connectivity index (χ4v) is 2.89. The third-order valence-electron chi connectivity index (χ3n) is 2.55. The van der Waals surface area contributed by atoms with Gasteiger partial charge in [0.2, 0.25) is 11.0 Å². The lowest BCUT2D eigenvalue weighted by molar-refractivity contribution is -0.144. The number of nitrogens with zero attached hydrogens (tertiary/aromatic N) is 2. The molecule has 0 atom stereocenters. The van der Waals surface area contributed by atoms with Crippen LogP contribution >= 0.6 is 22.9 Å². The molecule has 0 spiro atoms. The fraction of sp³-hybridized carbons (Fsp3) is 0.455. The third-order valence-corrected chi connectivity index (χ3v) is 4.46. The first kappa shape index (κ1) is 14.3.